The van der Waals surface area contributed by atoms with Crippen LogP contribution in [0.15, 0.2) is 18.2 Å². The lowest BCUT2D eigenvalue weighted by Gasteiger charge is -2.10. The van der Waals surface area contributed by atoms with Crippen LogP contribution < -0.4 is 4.74 Å². The highest BCUT2D eigenvalue weighted by atomic mass is 19.1. The molecular formula is C11H15FO. The van der Waals surface area contributed by atoms with Gasteiger partial charge in [0.2, 0.25) is 0 Å². The van der Waals surface area contributed by atoms with Gasteiger partial charge >= 0.3 is 0 Å². The van der Waals surface area contributed by atoms with Crippen LogP contribution in [0.2, 0.25) is 0 Å². The van der Waals surface area contributed by atoms with Gasteiger partial charge in [0, 0.05) is 0 Å². The standard InChI is InChI=1S/C11H15FO/c1-4-9-7-10(13-8(2)3)5-6-11(9)12/h5-8H,4H2,1-3H3. The zero-order valence-corrected chi connectivity index (χ0v) is 8.30. The first-order valence-electron chi connectivity index (χ1n) is 4.58. The summed E-state index contributed by atoms with van der Waals surface area (Å²) in [5.41, 5.74) is 0.707. The molecule has 0 bridgehead atoms. The molecule has 13 heavy (non-hydrogen) atoms. The third-order valence-corrected chi connectivity index (χ3v) is 1.77. The molecule has 0 aliphatic rings. The molecule has 72 valence electrons. The summed E-state index contributed by atoms with van der Waals surface area (Å²) in [5.74, 6) is 0.590. The molecule has 0 N–H and O–H groups in total. The molecule has 0 radical (unpaired) electrons. The van der Waals surface area contributed by atoms with E-state index in [-0.39, 0.29) is 11.9 Å². The summed E-state index contributed by atoms with van der Waals surface area (Å²) in [5, 5.41) is 0. The first kappa shape index (κ1) is 10.0. The normalized spacial score (nSPS) is 10.5. The number of hydrogen-bond donors (Lipinski definition) is 0. The molecular weight excluding hydrogens is 167 g/mol. The minimum Gasteiger partial charge on any atom is -0.491 e. The van der Waals surface area contributed by atoms with Gasteiger partial charge in [-0.1, -0.05) is 6.92 Å². The molecule has 2 heteroatoms. The quantitative estimate of drug-likeness (QED) is 0.697. The number of rotatable bonds is 3. The molecule has 1 rings (SSSR count). The molecule has 0 atom stereocenters. The smallest absolute Gasteiger partial charge is 0.126 e. The van der Waals surface area contributed by atoms with E-state index in [0.29, 0.717) is 12.0 Å². The van der Waals surface area contributed by atoms with Crippen molar-refractivity contribution in [1.82, 2.24) is 0 Å². The molecule has 0 heterocycles. The van der Waals surface area contributed by atoms with E-state index in [2.05, 4.69) is 0 Å². The van der Waals surface area contributed by atoms with Crippen LogP contribution in [0.1, 0.15) is 26.3 Å². The van der Waals surface area contributed by atoms with E-state index in [1.807, 2.05) is 20.8 Å². The summed E-state index contributed by atoms with van der Waals surface area (Å²) in [7, 11) is 0. The molecule has 0 saturated carbocycles. The molecule has 0 spiro atoms. The van der Waals surface area contributed by atoms with Crippen molar-refractivity contribution < 1.29 is 9.13 Å². The third kappa shape index (κ3) is 2.72. The maximum absolute atomic E-state index is 13.1. The topological polar surface area (TPSA) is 9.23 Å². The Morgan fingerprint density at radius 2 is 2.08 bits per heavy atom. The Kier molecular flexibility index (Phi) is 3.29. The maximum atomic E-state index is 13.1. The Hall–Kier alpha value is -1.05. The highest BCUT2D eigenvalue weighted by molar-refractivity contribution is 5.29. The van der Waals surface area contributed by atoms with Crippen molar-refractivity contribution in [3.63, 3.8) is 0 Å². The SMILES string of the molecule is CCc1cc(OC(C)C)ccc1F. The molecule has 0 fully saturated rings. The van der Waals surface area contributed by atoms with E-state index < -0.39 is 0 Å². The van der Waals surface area contributed by atoms with Crippen LogP contribution in [-0.2, 0) is 6.42 Å². The Balaban J connectivity index is 2.86. The maximum Gasteiger partial charge on any atom is 0.126 e. The van der Waals surface area contributed by atoms with Crippen LogP contribution in [0, 0.1) is 5.82 Å². The van der Waals surface area contributed by atoms with E-state index in [1.165, 1.54) is 6.07 Å². The lowest BCUT2D eigenvalue weighted by molar-refractivity contribution is 0.242. The molecule has 0 unspecified atom stereocenters. The van der Waals surface area contributed by atoms with Gasteiger partial charge in [-0.15, -0.1) is 0 Å². The van der Waals surface area contributed by atoms with Gasteiger partial charge in [0.05, 0.1) is 6.10 Å². The highest BCUT2D eigenvalue weighted by Crippen LogP contribution is 2.18. The first-order valence-corrected chi connectivity index (χ1v) is 4.58. The largest absolute Gasteiger partial charge is 0.491 e. The second kappa shape index (κ2) is 4.26. The first-order chi connectivity index (χ1) is 6.13. The van der Waals surface area contributed by atoms with E-state index in [0.717, 1.165) is 5.75 Å². The zero-order chi connectivity index (χ0) is 9.84. The van der Waals surface area contributed by atoms with Crippen molar-refractivity contribution in [2.45, 2.75) is 33.3 Å². The van der Waals surface area contributed by atoms with Crippen LogP contribution in [0.3, 0.4) is 0 Å². The molecule has 1 aromatic rings. The van der Waals surface area contributed by atoms with E-state index in [1.54, 1.807) is 12.1 Å². The van der Waals surface area contributed by atoms with Gasteiger partial charge in [-0.3, -0.25) is 0 Å². The van der Waals surface area contributed by atoms with Gasteiger partial charge in [-0.05, 0) is 44.0 Å². The molecule has 1 nitrogen and oxygen atoms in total. The average molecular weight is 182 g/mol. The van der Waals surface area contributed by atoms with Crippen LogP contribution in [0.5, 0.6) is 5.75 Å². The summed E-state index contributed by atoms with van der Waals surface area (Å²) < 4.78 is 18.5. The fraction of sp³-hybridized carbons (Fsp3) is 0.455. The highest BCUT2D eigenvalue weighted by Gasteiger charge is 2.03. The van der Waals surface area contributed by atoms with Crippen LogP contribution in [-0.4, -0.2) is 6.10 Å². The minimum absolute atomic E-state index is 0.134. The lowest BCUT2D eigenvalue weighted by atomic mass is 10.1. The van der Waals surface area contributed by atoms with Crippen molar-refractivity contribution in [3.05, 3.63) is 29.6 Å². The summed E-state index contributed by atoms with van der Waals surface area (Å²) in [6.07, 6.45) is 0.830. The average Bonchev–Trinajstić information content (AvgIpc) is 2.07. The third-order valence-electron chi connectivity index (χ3n) is 1.77. The summed E-state index contributed by atoms with van der Waals surface area (Å²) >= 11 is 0. The van der Waals surface area contributed by atoms with Gasteiger partial charge in [0.15, 0.2) is 0 Å². The van der Waals surface area contributed by atoms with Crippen molar-refractivity contribution in [2.24, 2.45) is 0 Å². The van der Waals surface area contributed by atoms with Gasteiger partial charge in [0.25, 0.3) is 0 Å². The predicted molar refractivity (Wildman–Crippen MR) is 51.5 cm³/mol. The van der Waals surface area contributed by atoms with Crippen molar-refractivity contribution in [2.75, 3.05) is 0 Å². The van der Waals surface area contributed by atoms with Gasteiger partial charge in [-0.2, -0.15) is 0 Å². The number of benzene rings is 1. The predicted octanol–water partition coefficient (Wildman–Crippen LogP) is 3.18. The second-order valence-corrected chi connectivity index (χ2v) is 3.27. The Bertz CT molecular complexity index is 281. The molecule has 1 aromatic carbocycles. The molecule has 0 saturated heterocycles. The molecule has 0 aliphatic carbocycles. The van der Waals surface area contributed by atoms with Crippen LogP contribution in [0.25, 0.3) is 0 Å². The number of hydrogen-bond acceptors (Lipinski definition) is 1. The molecule has 0 amide bonds. The van der Waals surface area contributed by atoms with Crippen molar-refractivity contribution >= 4 is 0 Å². The van der Waals surface area contributed by atoms with E-state index in [4.69, 9.17) is 4.74 Å². The van der Waals surface area contributed by atoms with Crippen molar-refractivity contribution in [3.8, 4) is 5.75 Å². The van der Waals surface area contributed by atoms with Gasteiger partial charge in [-0.25, -0.2) is 4.39 Å². The minimum atomic E-state index is -0.154. The zero-order valence-electron chi connectivity index (χ0n) is 8.30. The van der Waals surface area contributed by atoms with Crippen LogP contribution in [0.4, 0.5) is 4.39 Å². The molecule has 0 aromatic heterocycles. The summed E-state index contributed by atoms with van der Waals surface area (Å²) in [4.78, 5) is 0. The fourth-order valence-electron chi connectivity index (χ4n) is 1.17. The Morgan fingerprint density at radius 1 is 1.38 bits per heavy atom. The summed E-state index contributed by atoms with van der Waals surface area (Å²) in [6.45, 7) is 5.83. The van der Waals surface area contributed by atoms with Crippen LogP contribution >= 0.6 is 0 Å². The van der Waals surface area contributed by atoms with Gasteiger partial charge < -0.3 is 4.74 Å². The van der Waals surface area contributed by atoms with E-state index >= 15 is 0 Å². The number of halogens is 1. The number of aryl methyl sites for hydroxylation is 1. The van der Waals surface area contributed by atoms with Crippen molar-refractivity contribution in [1.29, 1.82) is 0 Å². The summed E-state index contributed by atoms with van der Waals surface area (Å²) in [6, 6.07) is 4.88. The fourth-order valence-corrected chi connectivity index (χ4v) is 1.17. The van der Waals surface area contributed by atoms with E-state index in [9.17, 15) is 4.39 Å². The molecule has 0 aliphatic heterocycles. The number of ether oxygens (including phenoxy) is 1. The lowest BCUT2D eigenvalue weighted by Crippen LogP contribution is -2.05. The Labute approximate surface area is 78.5 Å². The second-order valence-electron chi connectivity index (χ2n) is 3.27. The monoisotopic (exact) mass is 182 g/mol. The Morgan fingerprint density at radius 3 is 2.62 bits per heavy atom. The van der Waals surface area contributed by atoms with Gasteiger partial charge in [0.1, 0.15) is 11.6 Å².